The number of aromatic nitrogens is 4. The van der Waals surface area contributed by atoms with Gasteiger partial charge < -0.3 is 4.57 Å². The Labute approximate surface area is 118 Å². The van der Waals surface area contributed by atoms with Crippen LogP contribution < -0.4 is 0 Å². The molecule has 4 nitrogen and oxygen atoms in total. The monoisotopic (exact) mass is 280 g/mol. The number of nitrogens with zero attached hydrogens (tertiary/aromatic N) is 4. The van der Waals surface area contributed by atoms with Crippen LogP contribution in [-0.2, 0) is 20.0 Å². The first kappa shape index (κ1) is 13.0. The number of hydrogen-bond donors (Lipinski definition) is 0. The van der Waals surface area contributed by atoms with E-state index in [-0.39, 0.29) is 0 Å². The van der Waals surface area contributed by atoms with Gasteiger partial charge in [0.15, 0.2) is 5.65 Å². The molecule has 0 spiro atoms. The molecule has 0 amide bonds. The smallest absolute Gasteiger partial charge is 0.158 e. The molecule has 0 radical (unpaired) electrons. The summed E-state index contributed by atoms with van der Waals surface area (Å²) in [5.41, 5.74) is 3.61. The van der Waals surface area contributed by atoms with E-state index in [0.29, 0.717) is 11.3 Å². The minimum Gasteiger partial charge on any atom is -0.312 e. The van der Waals surface area contributed by atoms with Crippen molar-refractivity contribution in [3.63, 3.8) is 0 Å². The lowest BCUT2D eigenvalue weighted by Gasteiger charge is -2.39. The number of fused-ring (bicyclic) bond motifs is 1. The molecule has 5 heteroatoms. The van der Waals surface area contributed by atoms with E-state index in [1.165, 1.54) is 19.3 Å². The molecule has 1 aliphatic rings. The quantitative estimate of drug-likeness (QED) is 0.807. The summed E-state index contributed by atoms with van der Waals surface area (Å²) in [6.45, 7) is 5.43. The number of imidazole rings is 1. The second-order valence-electron chi connectivity index (χ2n) is 6.10. The van der Waals surface area contributed by atoms with Crippen molar-refractivity contribution < 1.29 is 0 Å². The summed E-state index contributed by atoms with van der Waals surface area (Å²) in [6, 6.07) is 0. The third-order valence-corrected chi connectivity index (χ3v) is 4.58. The Hall–Kier alpha value is -1.03. The van der Waals surface area contributed by atoms with Crippen LogP contribution in [0.4, 0.5) is 0 Å². The second kappa shape index (κ2) is 4.51. The average Bonchev–Trinajstić information content (AvgIpc) is 2.79. The molecular weight excluding hydrogens is 260 g/mol. The standard InChI is InChI=1S/C14H21ClN4/c1-10-12-13(18(3)17-10)19(11(16-12)5-8-15)9-14(2)6-4-7-14/h4-9H2,1-3H3. The van der Waals surface area contributed by atoms with E-state index in [1.807, 2.05) is 18.7 Å². The van der Waals surface area contributed by atoms with E-state index in [0.717, 1.165) is 35.6 Å². The van der Waals surface area contributed by atoms with Crippen molar-refractivity contribution in [3.8, 4) is 0 Å². The zero-order chi connectivity index (χ0) is 13.6. The second-order valence-corrected chi connectivity index (χ2v) is 6.48. The summed E-state index contributed by atoms with van der Waals surface area (Å²) >= 11 is 5.93. The SMILES string of the molecule is Cc1nn(C)c2c1nc(CCCl)n2CC1(C)CCC1. The Morgan fingerprint density at radius 3 is 2.68 bits per heavy atom. The van der Waals surface area contributed by atoms with Gasteiger partial charge in [0, 0.05) is 25.9 Å². The first-order valence-electron chi connectivity index (χ1n) is 6.99. The van der Waals surface area contributed by atoms with Crippen molar-refractivity contribution in [2.45, 2.75) is 46.1 Å². The lowest BCUT2D eigenvalue weighted by molar-refractivity contribution is 0.132. The topological polar surface area (TPSA) is 35.6 Å². The van der Waals surface area contributed by atoms with Gasteiger partial charge in [0.25, 0.3) is 0 Å². The first-order chi connectivity index (χ1) is 9.04. The lowest BCUT2D eigenvalue weighted by atomic mass is 9.70. The van der Waals surface area contributed by atoms with E-state index in [4.69, 9.17) is 16.6 Å². The molecule has 2 aromatic rings. The fourth-order valence-electron chi connectivity index (χ4n) is 3.14. The van der Waals surface area contributed by atoms with Crippen molar-refractivity contribution in [3.05, 3.63) is 11.5 Å². The molecule has 0 saturated heterocycles. The average molecular weight is 281 g/mol. The molecule has 1 fully saturated rings. The molecule has 1 aliphatic carbocycles. The number of rotatable bonds is 4. The van der Waals surface area contributed by atoms with Gasteiger partial charge in [0.1, 0.15) is 11.3 Å². The van der Waals surface area contributed by atoms with Gasteiger partial charge in [-0.1, -0.05) is 13.3 Å². The fraction of sp³-hybridized carbons (Fsp3) is 0.714. The van der Waals surface area contributed by atoms with E-state index in [1.54, 1.807) is 0 Å². The third kappa shape index (κ3) is 2.06. The summed E-state index contributed by atoms with van der Waals surface area (Å²) in [5, 5.41) is 4.49. The third-order valence-electron chi connectivity index (χ3n) is 4.39. The van der Waals surface area contributed by atoms with Gasteiger partial charge in [0.2, 0.25) is 0 Å². The summed E-state index contributed by atoms with van der Waals surface area (Å²) in [6.07, 6.45) is 4.79. The normalized spacial score (nSPS) is 17.9. The highest BCUT2D eigenvalue weighted by atomic mass is 35.5. The number of aryl methyl sites for hydroxylation is 3. The predicted molar refractivity (Wildman–Crippen MR) is 77.6 cm³/mol. The Balaban J connectivity index is 2.09. The molecule has 2 aromatic heterocycles. The largest absolute Gasteiger partial charge is 0.312 e. The maximum Gasteiger partial charge on any atom is 0.158 e. The van der Waals surface area contributed by atoms with Gasteiger partial charge in [-0.05, 0) is 25.2 Å². The van der Waals surface area contributed by atoms with Gasteiger partial charge in [-0.2, -0.15) is 5.10 Å². The van der Waals surface area contributed by atoms with Crippen LogP contribution in [-0.4, -0.2) is 25.2 Å². The lowest BCUT2D eigenvalue weighted by Crippen LogP contribution is -2.31. The van der Waals surface area contributed by atoms with Gasteiger partial charge in [-0.15, -0.1) is 11.6 Å². The molecular formula is C14H21ClN4. The maximum absolute atomic E-state index is 5.93. The van der Waals surface area contributed by atoms with E-state index in [9.17, 15) is 0 Å². The molecule has 2 heterocycles. The van der Waals surface area contributed by atoms with Crippen LogP contribution >= 0.6 is 11.6 Å². The summed E-state index contributed by atoms with van der Waals surface area (Å²) < 4.78 is 4.30. The minimum absolute atomic E-state index is 0.423. The van der Waals surface area contributed by atoms with E-state index in [2.05, 4.69) is 16.6 Å². The van der Waals surface area contributed by atoms with Crippen molar-refractivity contribution in [2.24, 2.45) is 12.5 Å². The molecule has 0 N–H and O–H groups in total. The molecule has 0 aliphatic heterocycles. The predicted octanol–water partition coefficient (Wildman–Crippen LogP) is 3.05. The zero-order valence-corrected chi connectivity index (χ0v) is 12.7. The summed E-state index contributed by atoms with van der Waals surface area (Å²) in [5.74, 6) is 1.72. The van der Waals surface area contributed by atoms with Crippen LogP contribution in [0.2, 0.25) is 0 Å². The fourth-order valence-corrected chi connectivity index (χ4v) is 3.31. The summed E-state index contributed by atoms with van der Waals surface area (Å²) in [7, 11) is 2.00. The molecule has 0 unspecified atom stereocenters. The molecule has 0 atom stereocenters. The Kier molecular flexibility index (Phi) is 3.08. The molecule has 1 saturated carbocycles. The minimum atomic E-state index is 0.423. The number of halogens is 1. The highest BCUT2D eigenvalue weighted by Crippen LogP contribution is 2.42. The Morgan fingerprint density at radius 2 is 2.11 bits per heavy atom. The van der Waals surface area contributed by atoms with Crippen LogP contribution in [0, 0.1) is 12.3 Å². The van der Waals surface area contributed by atoms with Gasteiger partial charge in [0.05, 0.1) is 5.69 Å². The van der Waals surface area contributed by atoms with Gasteiger partial charge in [-0.25, -0.2) is 4.98 Å². The zero-order valence-electron chi connectivity index (χ0n) is 11.9. The highest BCUT2D eigenvalue weighted by Gasteiger charge is 2.33. The van der Waals surface area contributed by atoms with Gasteiger partial charge >= 0.3 is 0 Å². The van der Waals surface area contributed by atoms with Gasteiger partial charge in [-0.3, -0.25) is 4.68 Å². The van der Waals surface area contributed by atoms with Crippen LogP contribution in [0.25, 0.3) is 11.2 Å². The molecule has 19 heavy (non-hydrogen) atoms. The molecule has 3 rings (SSSR count). The first-order valence-corrected chi connectivity index (χ1v) is 7.52. The van der Waals surface area contributed by atoms with Crippen molar-refractivity contribution in [1.82, 2.24) is 19.3 Å². The van der Waals surface area contributed by atoms with Crippen molar-refractivity contribution >= 4 is 22.8 Å². The molecule has 0 bridgehead atoms. The van der Waals surface area contributed by atoms with Crippen LogP contribution in [0.3, 0.4) is 0 Å². The maximum atomic E-state index is 5.93. The van der Waals surface area contributed by atoms with E-state index >= 15 is 0 Å². The molecule has 104 valence electrons. The number of alkyl halides is 1. The Morgan fingerprint density at radius 1 is 1.37 bits per heavy atom. The van der Waals surface area contributed by atoms with Crippen molar-refractivity contribution in [2.75, 3.05) is 5.88 Å². The van der Waals surface area contributed by atoms with Crippen LogP contribution in [0.5, 0.6) is 0 Å². The Bertz CT molecular complexity index is 607. The highest BCUT2D eigenvalue weighted by molar-refractivity contribution is 6.17. The van der Waals surface area contributed by atoms with E-state index < -0.39 is 0 Å². The molecule has 0 aromatic carbocycles. The number of hydrogen-bond acceptors (Lipinski definition) is 2. The van der Waals surface area contributed by atoms with Crippen LogP contribution in [0.1, 0.15) is 37.7 Å². The summed E-state index contributed by atoms with van der Waals surface area (Å²) in [4.78, 5) is 4.76. The van der Waals surface area contributed by atoms with Crippen molar-refractivity contribution in [1.29, 1.82) is 0 Å². The van der Waals surface area contributed by atoms with Crippen LogP contribution in [0.15, 0.2) is 0 Å².